The van der Waals surface area contributed by atoms with Gasteiger partial charge in [0.2, 0.25) is 0 Å². The molecule has 0 radical (unpaired) electrons. The van der Waals surface area contributed by atoms with E-state index in [0.717, 1.165) is 0 Å². The Morgan fingerprint density at radius 3 is 2.33 bits per heavy atom. The molecule has 222 valence electrons. The molecule has 0 aliphatic carbocycles. The van der Waals surface area contributed by atoms with E-state index in [9.17, 15) is 20.0 Å². The Morgan fingerprint density at radius 1 is 1.15 bits per heavy atom. The molecular formula is C28H46N4O6Si2. The third-order valence-corrected chi connectivity index (χ3v) is 20.4. The van der Waals surface area contributed by atoms with Crippen LogP contribution in [0.4, 0.5) is 11.5 Å². The summed E-state index contributed by atoms with van der Waals surface area (Å²) in [5, 5.41) is 25.4. The number of aromatic nitrogens is 2. The number of hydrogen-bond acceptors (Lipinski definition) is 8. The number of aliphatic hydroxyl groups is 1. The molecule has 0 unspecified atom stereocenters. The minimum Gasteiger partial charge on any atom is -0.414 e. The van der Waals surface area contributed by atoms with E-state index in [1.807, 2.05) is 0 Å². The van der Waals surface area contributed by atoms with Gasteiger partial charge < -0.3 is 19.6 Å². The third kappa shape index (κ3) is 6.25. The molecule has 1 aromatic carbocycles. The van der Waals surface area contributed by atoms with E-state index in [1.165, 1.54) is 10.6 Å². The first-order valence-electron chi connectivity index (χ1n) is 13.8. The molecule has 3 rings (SSSR count). The van der Waals surface area contributed by atoms with Crippen molar-refractivity contribution in [2.45, 2.75) is 108 Å². The fraction of sp³-hybridized carbons (Fsp3) is 0.643. The van der Waals surface area contributed by atoms with Crippen molar-refractivity contribution in [2.75, 3.05) is 11.9 Å². The SMILES string of the molecule is CC(C)(C)[Si](C)(C)OC[C@H]1O[C@@H](n2ccc(NCc3ccccc3[N+](=O)[O-])nc2=O)C[C@@]1(O)[Si](C)(C)C(C)(C)C. The molecule has 3 atom stereocenters. The van der Waals surface area contributed by atoms with Crippen LogP contribution in [0.1, 0.15) is 59.8 Å². The van der Waals surface area contributed by atoms with Crippen molar-refractivity contribution >= 4 is 27.9 Å². The molecular weight excluding hydrogens is 545 g/mol. The fourth-order valence-corrected chi connectivity index (χ4v) is 8.59. The van der Waals surface area contributed by atoms with E-state index in [1.54, 1.807) is 30.5 Å². The number of benzene rings is 1. The molecule has 2 N–H and O–H groups in total. The Bertz CT molecular complexity index is 1280. The van der Waals surface area contributed by atoms with E-state index in [0.29, 0.717) is 11.4 Å². The molecule has 12 heteroatoms. The van der Waals surface area contributed by atoms with Crippen LogP contribution in [0.25, 0.3) is 0 Å². The number of nitro groups is 1. The molecule has 1 aliphatic rings. The highest BCUT2D eigenvalue weighted by Gasteiger charge is 2.62. The molecule has 1 fully saturated rings. The summed E-state index contributed by atoms with van der Waals surface area (Å²) in [7, 11) is -4.52. The van der Waals surface area contributed by atoms with Gasteiger partial charge in [0, 0.05) is 30.8 Å². The van der Waals surface area contributed by atoms with Gasteiger partial charge in [-0.05, 0) is 29.2 Å². The number of ether oxygens (including phenoxy) is 1. The monoisotopic (exact) mass is 590 g/mol. The standard InChI is InChI=1S/C28H46N4O6Si2/c1-26(2,3)39(7,8)28(34)17-24(38-22(28)19-37-40(9,10)27(4,5)6)31-16-15-23(30-25(31)33)29-18-20-13-11-12-14-21(20)32(35)36/h11-16,22,24,34H,17-19H2,1-10H3,(H,29,30,33)/t22-,24-,28-/m1/s1. The van der Waals surface area contributed by atoms with E-state index in [-0.39, 0.29) is 35.3 Å². The number of para-hydroxylation sites is 1. The lowest BCUT2D eigenvalue weighted by molar-refractivity contribution is -0.385. The van der Waals surface area contributed by atoms with Gasteiger partial charge in [0.1, 0.15) is 18.1 Å². The summed E-state index contributed by atoms with van der Waals surface area (Å²) in [5.74, 6) is 0.301. The van der Waals surface area contributed by atoms with Crippen LogP contribution in [0.3, 0.4) is 0 Å². The van der Waals surface area contributed by atoms with Gasteiger partial charge in [-0.15, -0.1) is 0 Å². The largest absolute Gasteiger partial charge is 0.414 e. The third-order valence-electron chi connectivity index (χ3n) is 9.49. The first-order valence-corrected chi connectivity index (χ1v) is 19.7. The summed E-state index contributed by atoms with van der Waals surface area (Å²) < 4.78 is 14.4. The van der Waals surface area contributed by atoms with Crippen molar-refractivity contribution in [3.8, 4) is 0 Å². The summed E-state index contributed by atoms with van der Waals surface area (Å²) in [6.45, 7) is 22.1. The van der Waals surface area contributed by atoms with E-state index in [2.05, 4.69) is 78.0 Å². The molecule has 1 aromatic heterocycles. The quantitative estimate of drug-likeness (QED) is 0.211. The van der Waals surface area contributed by atoms with Crippen LogP contribution >= 0.6 is 0 Å². The number of nitrogens with zero attached hydrogens (tertiary/aromatic N) is 3. The zero-order valence-electron chi connectivity index (χ0n) is 25.6. The molecule has 1 aliphatic heterocycles. The average molecular weight is 591 g/mol. The smallest absolute Gasteiger partial charge is 0.351 e. The second-order valence-electron chi connectivity index (χ2n) is 13.9. The van der Waals surface area contributed by atoms with Gasteiger partial charge in [-0.1, -0.05) is 72.8 Å². The zero-order chi connectivity index (χ0) is 30.3. The van der Waals surface area contributed by atoms with Crippen LogP contribution in [-0.2, 0) is 15.7 Å². The lowest BCUT2D eigenvalue weighted by Gasteiger charge is -2.49. The van der Waals surface area contributed by atoms with Crippen molar-refractivity contribution in [3.63, 3.8) is 0 Å². The minimum absolute atomic E-state index is 0.00132. The highest BCUT2D eigenvalue weighted by molar-refractivity contribution is 6.83. The number of rotatable bonds is 9. The predicted octanol–water partition coefficient (Wildman–Crippen LogP) is 5.85. The normalized spacial score (nSPS) is 22.4. The molecule has 40 heavy (non-hydrogen) atoms. The number of nitrogens with one attached hydrogen (secondary N) is 1. The van der Waals surface area contributed by atoms with Crippen LogP contribution in [0.5, 0.6) is 0 Å². The van der Waals surface area contributed by atoms with Gasteiger partial charge in [0.15, 0.2) is 8.32 Å². The summed E-state index contributed by atoms with van der Waals surface area (Å²) in [6, 6.07) is 8.07. The van der Waals surface area contributed by atoms with Gasteiger partial charge >= 0.3 is 5.69 Å². The maximum atomic E-state index is 13.2. The maximum absolute atomic E-state index is 13.2. The summed E-state index contributed by atoms with van der Waals surface area (Å²) in [4.78, 5) is 28.2. The average Bonchev–Trinajstić information content (AvgIpc) is 3.18. The van der Waals surface area contributed by atoms with Gasteiger partial charge in [-0.25, -0.2) is 4.79 Å². The Morgan fingerprint density at radius 2 is 1.77 bits per heavy atom. The second-order valence-corrected chi connectivity index (χ2v) is 24.3. The Balaban J connectivity index is 1.87. The minimum atomic E-state index is -2.41. The number of anilines is 1. The zero-order valence-corrected chi connectivity index (χ0v) is 27.6. The highest BCUT2D eigenvalue weighted by atomic mass is 28.4. The Labute approximate surface area is 239 Å². The van der Waals surface area contributed by atoms with Crippen LogP contribution in [0.15, 0.2) is 41.3 Å². The summed E-state index contributed by atoms with van der Waals surface area (Å²) in [6.07, 6.45) is 0.581. The lowest BCUT2D eigenvalue weighted by atomic mass is 10.1. The molecule has 0 bridgehead atoms. The van der Waals surface area contributed by atoms with Crippen LogP contribution < -0.4 is 11.0 Å². The molecule has 2 heterocycles. The molecule has 2 aromatic rings. The van der Waals surface area contributed by atoms with Gasteiger partial charge in [0.05, 0.1) is 24.8 Å². The topological polar surface area (TPSA) is 129 Å². The van der Waals surface area contributed by atoms with Crippen molar-refractivity contribution in [2.24, 2.45) is 0 Å². The van der Waals surface area contributed by atoms with Crippen LogP contribution in [0.2, 0.25) is 36.3 Å². The van der Waals surface area contributed by atoms with Crippen molar-refractivity contribution < 1.29 is 19.2 Å². The second kappa shape index (κ2) is 11.1. The van der Waals surface area contributed by atoms with Gasteiger partial charge in [-0.3, -0.25) is 14.7 Å². The van der Waals surface area contributed by atoms with Crippen molar-refractivity contribution in [1.82, 2.24) is 9.55 Å². The Kier molecular flexibility index (Phi) is 8.94. The summed E-state index contributed by atoms with van der Waals surface area (Å²) >= 11 is 0. The van der Waals surface area contributed by atoms with E-state index in [4.69, 9.17) is 9.16 Å². The Hall–Kier alpha value is -2.39. The van der Waals surface area contributed by atoms with E-state index < -0.39 is 44.6 Å². The molecule has 1 saturated heterocycles. The molecule has 0 amide bonds. The fourth-order valence-electron chi connectivity index (χ4n) is 4.65. The summed E-state index contributed by atoms with van der Waals surface area (Å²) in [5.41, 5.74) is -0.0405. The lowest BCUT2D eigenvalue weighted by Crippen LogP contribution is -2.65. The van der Waals surface area contributed by atoms with Crippen molar-refractivity contribution in [3.05, 3.63) is 62.7 Å². The molecule has 0 saturated carbocycles. The van der Waals surface area contributed by atoms with E-state index >= 15 is 0 Å². The first-order chi connectivity index (χ1) is 18.2. The predicted molar refractivity (Wildman–Crippen MR) is 163 cm³/mol. The molecule has 0 spiro atoms. The number of nitro benzene ring substituents is 1. The van der Waals surface area contributed by atoms with Gasteiger partial charge in [0.25, 0.3) is 5.69 Å². The maximum Gasteiger partial charge on any atom is 0.351 e. The molecule has 10 nitrogen and oxygen atoms in total. The van der Waals surface area contributed by atoms with Gasteiger partial charge in [-0.2, -0.15) is 4.98 Å². The van der Waals surface area contributed by atoms with Crippen molar-refractivity contribution in [1.29, 1.82) is 0 Å². The number of hydrogen-bond donors (Lipinski definition) is 2. The highest BCUT2D eigenvalue weighted by Crippen LogP contribution is 2.51. The first kappa shape index (κ1) is 32.1. The van der Waals surface area contributed by atoms with Crippen LogP contribution in [-0.4, -0.2) is 53.9 Å². The van der Waals surface area contributed by atoms with Crippen LogP contribution in [0, 0.1) is 10.1 Å².